The largest absolute Gasteiger partial charge is 0.165 e. The summed E-state index contributed by atoms with van der Waals surface area (Å²) < 4.78 is 0. The van der Waals surface area contributed by atoms with Crippen molar-refractivity contribution in [2.24, 2.45) is 0 Å². The molecule has 0 aliphatic carbocycles. The number of hydrogen-bond donors (Lipinski definition) is 0. The zero-order valence-corrected chi connectivity index (χ0v) is 20.7. The number of terminal acetylenes is 1. The Labute approximate surface area is 221 Å². The maximum Gasteiger partial charge on any atom is 0 e. The fourth-order valence-corrected chi connectivity index (χ4v) is 1.49. The molecule has 0 aromatic heterocycles. The molecular formula is C35H14S. The van der Waals surface area contributed by atoms with Crippen LogP contribution in [0.4, 0.5) is 0 Å². The van der Waals surface area contributed by atoms with Crippen LogP contribution in [0.5, 0.6) is 0 Å². The zero-order chi connectivity index (χ0) is 26.6. The van der Waals surface area contributed by atoms with E-state index in [0.717, 1.165) is 0 Å². The van der Waals surface area contributed by atoms with E-state index in [4.69, 9.17) is 6.42 Å². The minimum absolute atomic E-state index is 1.31. The van der Waals surface area contributed by atoms with Crippen molar-refractivity contribution in [2.75, 3.05) is 12.0 Å². The van der Waals surface area contributed by atoms with Crippen molar-refractivity contribution < 1.29 is 0 Å². The Bertz CT molecular complexity index is 1710. The number of hydrogen-bond acceptors (Lipinski definition) is 1. The van der Waals surface area contributed by atoms with E-state index in [1.165, 1.54) is 12.2 Å². The van der Waals surface area contributed by atoms with Crippen molar-refractivity contribution >= 4 is 11.8 Å². The van der Waals surface area contributed by atoms with E-state index in [1.54, 1.807) is 6.92 Å². The highest BCUT2D eigenvalue weighted by atomic mass is 32.2. The second-order valence-corrected chi connectivity index (χ2v) is 5.75. The van der Waals surface area contributed by atoms with Crippen molar-refractivity contribution in [3.8, 4) is 178 Å². The van der Waals surface area contributed by atoms with Crippen molar-refractivity contribution in [1.82, 2.24) is 0 Å². The Balaban J connectivity index is 0. The van der Waals surface area contributed by atoms with E-state index in [0.29, 0.717) is 0 Å². The lowest BCUT2D eigenvalue weighted by molar-refractivity contribution is 1.11. The highest BCUT2D eigenvalue weighted by molar-refractivity contribution is 7.98. The van der Waals surface area contributed by atoms with E-state index in [2.05, 4.69) is 185 Å². The summed E-state index contributed by atoms with van der Waals surface area (Å²) in [6, 6.07) is 0. The molecule has 0 nitrogen and oxygen atoms in total. The van der Waals surface area contributed by atoms with Gasteiger partial charge in [0.05, 0.1) is 0 Å². The zero-order valence-electron chi connectivity index (χ0n) is 19.9. The lowest BCUT2D eigenvalue weighted by atomic mass is 10.4. The molecular weight excluding hydrogens is 452 g/mol. The van der Waals surface area contributed by atoms with Gasteiger partial charge in [0.25, 0.3) is 0 Å². The van der Waals surface area contributed by atoms with E-state index in [-0.39, 0.29) is 0 Å². The van der Waals surface area contributed by atoms with Gasteiger partial charge in [0.15, 0.2) is 0 Å². The van der Waals surface area contributed by atoms with Crippen molar-refractivity contribution in [3.63, 3.8) is 0 Å². The molecule has 0 fully saturated rings. The predicted octanol–water partition coefficient (Wildman–Crippen LogP) is 2.45. The van der Waals surface area contributed by atoms with Gasteiger partial charge in [-0.2, -0.15) is 11.8 Å². The molecule has 36 heavy (non-hydrogen) atoms. The first kappa shape index (κ1) is 31.9. The van der Waals surface area contributed by atoms with E-state index >= 15 is 0 Å². The minimum atomic E-state index is 1.31. The lowest BCUT2D eigenvalue weighted by Crippen LogP contribution is -1.64. The first-order valence-electron chi connectivity index (χ1n) is 9.69. The van der Waals surface area contributed by atoms with E-state index in [9.17, 15) is 0 Å². The van der Waals surface area contributed by atoms with E-state index < -0.39 is 0 Å². The second kappa shape index (κ2) is 33.4. The van der Waals surface area contributed by atoms with Crippen LogP contribution in [0, 0.1) is 178 Å². The Kier molecular flexibility index (Phi) is 29.6. The molecule has 0 saturated heterocycles. The lowest BCUT2D eigenvalue weighted by Gasteiger charge is -1.80. The van der Waals surface area contributed by atoms with Crippen LogP contribution in [0.3, 0.4) is 0 Å². The van der Waals surface area contributed by atoms with Crippen LogP contribution in [-0.2, 0) is 0 Å². The molecule has 0 aromatic rings. The average molecular weight is 467 g/mol. The molecule has 0 N–H and O–H groups in total. The van der Waals surface area contributed by atoms with Crippen molar-refractivity contribution in [3.05, 3.63) is 0 Å². The van der Waals surface area contributed by atoms with Crippen molar-refractivity contribution in [1.29, 1.82) is 0 Å². The fraction of sp³-hybridized carbons (Fsp3) is 0.143. The summed E-state index contributed by atoms with van der Waals surface area (Å²) in [5, 5.41) is 0. The summed E-state index contributed by atoms with van der Waals surface area (Å²) in [5.41, 5.74) is 0. The third kappa shape index (κ3) is 35.2. The Morgan fingerprint density at radius 3 is 0.778 bits per heavy atom. The van der Waals surface area contributed by atoms with Gasteiger partial charge in [0.2, 0.25) is 0 Å². The van der Waals surface area contributed by atoms with Gasteiger partial charge in [0.1, 0.15) is 0 Å². The molecule has 0 aliphatic rings. The maximum absolute atomic E-state index is 4.92. The molecule has 0 atom stereocenters. The van der Waals surface area contributed by atoms with Gasteiger partial charge >= 0.3 is 0 Å². The molecule has 1 heteroatoms. The van der Waals surface area contributed by atoms with Gasteiger partial charge in [-0.1, -0.05) is 12.8 Å². The molecule has 160 valence electrons. The molecule has 0 unspecified atom stereocenters. The average Bonchev–Trinajstić information content (AvgIpc) is 2.89. The molecule has 0 aromatic carbocycles. The topological polar surface area (TPSA) is 0 Å². The smallest absolute Gasteiger partial charge is 0 e. The first-order chi connectivity index (χ1) is 17.8. The molecule has 0 saturated carbocycles. The molecule has 0 radical (unpaired) electrons. The van der Waals surface area contributed by atoms with Crippen LogP contribution >= 0.6 is 11.8 Å². The highest BCUT2D eigenvalue weighted by Crippen LogP contribution is 1.91. The number of thioether (sulfide) groups is 1. The monoisotopic (exact) mass is 466 g/mol. The summed E-state index contributed by atoms with van der Waals surface area (Å²) >= 11 is 1.90. The second-order valence-electron chi connectivity index (χ2n) is 4.76. The van der Waals surface area contributed by atoms with Gasteiger partial charge in [-0.15, -0.1) is 6.42 Å². The predicted molar refractivity (Wildman–Crippen MR) is 152 cm³/mol. The molecule has 0 bridgehead atoms. The Morgan fingerprint density at radius 2 is 0.639 bits per heavy atom. The maximum atomic E-state index is 4.92. The summed E-state index contributed by atoms with van der Waals surface area (Å²) in [4.78, 5) is 0. The Hall–Kier alpha value is -6.25. The summed E-state index contributed by atoms with van der Waals surface area (Å²) in [7, 11) is 0. The van der Waals surface area contributed by atoms with Gasteiger partial charge in [-0.3, -0.25) is 0 Å². The van der Waals surface area contributed by atoms with Crippen LogP contribution in [0.1, 0.15) is 20.3 Å². The third-order valence-electron chi connectivity index (χ3n) is 2.23. The van der Waals surface area contributed by atoms with E-state index in [1.807, 2.05) is 11.8 Å². The fourth-order valence-electron chi connectivity index (χ4n) is 1.08. The molecule has 0 spiro atoms. The van der Waals surface area contributed by atoms with Crippen LogP contribution in [0.2, 0.25) is 0 Å². The quantitative estimate of drug-likeness (QED) is 0.564. The van der Waals surface area contributed by atoms with Crippen molar-refractivity contribution in [2.45, 2.75) is 20.3 Å². The van der Waals surface area contributed by atoms with Gasteiger partial charge < -0.3 is 0 Å². The summed E-state index contributed by atoms with van der Waals surface area (Å²) in [6.07, 6.45) is 8.36. The SMILES string of the molecule is C#CC#CC#CC#CC#CC#CC#CC#CC#CC#CC#CC#CC#CC#CC#CC.CCCSC. The van der Waals surface area contributed by atoms with Crippen LogP contribution < -0.4 is 0 Å². The summed E-state index contributed by atoms with van der Waals surface area (Å²) in [6.45, 7) is 3.88. The molecule has 0 amide bonds. The van der Waals surface area contributed by atoms with Crippen LogP contribution in [-0.4, -0.2) is 12.0 Å². The summed E-state index contributed by atoms with van der Waals surface area (Å²) in [5.74, 6) is 73.2. The molecule has 0 heterocycles. The minimum Gasteiger partial charge on any atom is -0.165 e. The van der Waals surface area contributed by atoms with Crippen LogP contribution in [0.25, 0.3) is 0 Å². The highest BCUT2D eigenvalue weighted by Gasteiger charge is 1.67. The third-order valence-corrected chi connectivity index (χ3v) is 3.05. The van der Waals surface area contributed by atoms with Gasteiger partial charge in [0, 0.05) is 71.0 Å². The molecule has 0 aliphatic heterocycles. The van der Waals surface area contributed by atoms with Gasteiger partial charge in [-0.25, -0.2) is 0 Å². The molecule has 0 rings (SSSR count). The standard InChI is InChI=1S/C31H4.C4H10S/c1-3-5-7-9-11-13-15-17-19-21-23-25-27-29-31-30-28-26-24-22-20-18-16-14-12-10-8-6-4-2;1-3-4-5-2/h1H,2H3;3-4H2,1-2H3. The van der Waals surface area contributed by atoms with Crippen LogP contribution in [0.15, 0.2) is 0 Å². The van der Waals surface area contributed by atoms with Gasteiger partial charge in [-0.05, 0) is 120 Å². The normalized spacial score (nSPS) is 4.50. The number of rotatable bonds is 2. The first-order valence-corrected chi connectivity index (χ1v) is 11.1. The Morgan fingerprint density at radius 1 is 0.417 bits per heavy atom.